The van der Waals surface area contributed by atoms with E-state index in [9.17, 15) is 9.18 Å². The molecule has 0 radical (unpaired) electrons. The van der Waals surface area contributed by atoms with Crippen LogP contribution in [0.3, 0.4) is 0 Å². The summed E-state index contributed by atoms with van der Waals surface area (Å²) in [7, 11) is 0. The Labute approximate surface area is 141 Å². The zero-order chi connectivity index (χ0) is 17.7. The van der Waals surface area contributed by atoms with Crippen molar-refractivity contribution in [2.45, 2.75) is 44.9 Å². The lowest BCUT2D eigenvalue weighted by atomic mass is 9.87. The van der Waals surface area contributed by atoms with E-state index in [-0.39, 0.29) is 6.42 Å². The summed E-state index contributed by atoms with van der Waals surface area (Å²) < 4.78 is 33.6. The Morgan fingerprint density at radius 3 is 2.12 bits per heavy atom. The first-order chi connectivity index (χ1) is 11.3. The molecule has 0 aromatic heterocycles. The average Bonchev–Trinajstić information content (AvgIpc) is 2.52. The molecule has 0 spiro atoms. The van der Waals surface area contributed by atoms with Crippen LogP contribution in [0.4, 0.5) is 8.78 Å². The molecule has 0 aliphatic carbocycles. The molecular formula is C20H22F2O2. The van der Waals surface area contributed by atoms with Gasteiger partial charge in [-0.15, -0.1) is 0 Å². The van der Waals surface area contributed by atoms with Gasteiger partial charge in [-0.25, -0.2) is 8.78 Å². The van der Waals surface area contributed by atoms with Crippen LogP contribution in [0.2, 0.25) is 0 Å². The van der Waals surface area contributed by atoms with Crippen LogP contribution < -0.4 is 0 Å². The monoisotopic (exact) mass is 332 g/mol. The lowest BCUT2D eigenvalue weighted by molar-refractivity contribution is -0.155. The summed E-state index contributed by atoms with van der Waals surface area (Å²) in [6.07, 6.45) is -1.50. The van der Waals surface area contributed by atoms with Gasteiger partial charge in [-0.2, -0.15) is 0 Å². The van der Waals surface area contributed by atoms with Gasteiger partial charge in [0.1, 0.15) is 17.6 Å². The number of esters is 1. The van der Waals surface area contributed by atoms with Crippen LogP contribution in [-0.4, -0.2) is 11.6 Å². The number of rotatable bonds is 5. The predicted octanol–water partition coefficient (Wildman–Crippen LogP) is 5.35. The van der Waals surface area contributed by atoms with E-state index in [0.717, 1.165) is 0 Å². The van der Waals surface area contributed by atoms with E-state index in [2.05, 4.69) is 0 Å². The van der Waals surface area contributed by atoms with E-state index in [0.29, 0.717) is 11.1 Å². The summed E-state index contributed by atoms with van der Waals surface area (Å²) in [5.41, 5.74) is 0.414. The smallest absolute Gasteiger partial charge is 0.307 e. The molecule has 2 atom stereocenters. The van der Waals surface area contributed by atoms with E-state index >= 15 is 4.39 Å². The molecule has 0 saturated heterocycles. The van der Waals surface area contributed by atoms with Crippen molar-refractivity contribution in [3.8, 4) is 0 Å². The number of benzene rings is 2. The minimum atomic E-state index is -1.39. The van der Waals surface area contributed by atoms with Gasteiger partial charge in [0.15, 0.2) is 0 Å². The van der Waals surface area contributed by atoms with Crippen molar-refractivity contribution >= 4 is 5.97 Å². The van der Waals surface area contributed by atoms with E-state index < -0.39 is 29.5 Å². The first kappa shape index (κ1) is 18.1. The fourth-order valence-corrected chi connectivity index (χ4v) is 2.53. The molecule has 0 aliphatic heterocycles. The van der Waals surface area contributed by atoms with Crippen molar-refractivity contribution in [2.24, 2.45) is 0 Å². The number of carbonyl (C=O) groups excluding carboxylic acids is 1. The van der Waals surface area contributed by atoms with Crippen LogP contribution in [0.25, 0.3) is 0 Å². The fourth-order valence-electron chi connectivity index (χ4n) is 2.53. The summed E-state index contributed by atoms with van der Waals surface area (Å²) in [5.74, 6) is -1.61. The Morgan fingerprint density at radius 2 is 1.58 bits per heavy atom. The second kappa shape index (κ2) is 7.56. The number of halogens is 2. The molecule has 0 saturated carbocycles. The third kappa shape index (κ3) is 5.15. The predicted molar refractivity (Wildman–Crippen MR) is 89.9 cm³/mol. The van der Waals surface area contributed by atoms with E-state index in [1.54, 1.807) is 51.1 Å². The molecule has 0 fully saturated rings. The van der Waals surface area contributed by atoms with Crippen molar-refractivity contribution < 1.29 is 18.3 Å². The molecule has 4 heteroatoms. The lowest BCUT2D eigenvalue weighted by Crippen LogP contribution is -2.25. The van der Waals surface area contributed by atoms with Crippen molar-refractivity contribution in [1.82, 2.24) is 0 Å². The molecule has 0 aliphatic rings. The van der Waals surface area contributed by atoms with Crippen molar-refractivity contribution in [2.75, 3.05) is 0 Å². The van der Waals surface area contributed by atoms with Gasteiger partial charge >= 0.3 is 5.97 Å². The van der Waals surface area contributed by atoms with Gasteiger partial charge in [-0.3, -0.25) is 4.79 Å². The molecular weight excluding hydrogens is 310 g/mol. The summed E-state index contributed by atoms with van der Waals surface area (Å²) in [6, 6.07) is 14.2. The minimum Gasteiger partial charge on any atom is -0.460 e. The highest BCUT2D eigenvalue weighted by Gasteiger charge is 2.29. The molecule has 2 rings (SSSR count). The highest BCUT2D eigenvalue weighted by molar-refractivity contribution is 5.71. The first-order valence-corrected chi connectivity index (χ1v) is 7.92. The zero-order valence-electron chi connectivity index (χ0n) is 14.1. The summed E-state index contributed by atoms with van der Waals surface area (Å²) in [4.78, 5) is 12.2. The number of alkyl halides is 1. The van der Waals surface area contributed by atoms with E-state index in [1.165, 1.54) is 24.3 Å². The first-order valence-electron chi connectivity index (χ1n) is 7.92. The Morgan fingerprint density at radius 1 is 1.00 bits per heavy atom. The van der Waals surface area contributed by atoms with Gasteiger partial charge in [0.2, 0.25) is 0 Å². The second-order valence-electron chi connectivity index (χ2n) is 6.76. The fraction of sp³-hybridized carbons (Fsp3) is 0.350. The zero-order valence-corrected chi connectivity index (χ0v) is 14.1. The molecule has 0 amide bonds. The lowest BCUT2D eigenvalue weighted by Gasteiger charge is -2.24. The Hall–Kier alpha value is -2.23. The molecule has 24 heavy (non-hydrogen) atoms. The number of carbonyl (C=O) groups is 1. The molecule has 0 bridgehead atoms. The number of hydrogen-bond donors (Lipinski definition) is 0. The van der Waals surface area contributed by atoms with Crippen LogP contribution in [0.1, 0.15) is 50.4 Å². The second-order valence-corrected chi connectivity index (χ2v) is 6.76. The van der Waals surface area contributed by atoms with Crippen molar-refractivity contribution in [3.63, 3.8) is 0 Å². The third-order valence-electron chi connectivity index (χ3n) is 3.58. The van der Waals surface area contributed by atoms with E-state index in [1.807, 2.05) is 0 Å². The van der Waals surface area contributed by atoms with Gasteiger partial charge in [0, 0.05) is 5.92 Å². The molecule has 128 valence electrons. The molecule has 2 aromatic rings. The van der Waals surface area contributed by atoms with Crippen LogP contribution in [-0.2, 0) is 9.53 Å². The molecule has 2 aromatic carbocycles. The maximum absolute atomic E-state index is 15.1. The topological polar surface area (TPSA) is 26.3 Å². The van der Waals surface area contributed by atoms with E-state index in [4.69, 9.17) is 4.74 Å². The molecule has 2 nitrogen and oxygen atoms in total. The van der Waals surface area contributed by atoms with Crippen LogP contribution >= 0.6 is 0 Å². The Balaban J connectivity index is 2.27. The summed E-state index contributed by atoms with van der Waals surface area (Å²) >= 11 is 0. The number of ether oxygens (including phenoxy) is 1. The minimum absolute atomic E-state index is 0.112. The Bertz CT molecular complexity index is 660. The summed E-state index contributed by atoms with van der Waals surface area (Å²) in [5, 5.41) is 0. The van der Waals surface area contributed by atoms with Gasteiger partial charge in [0.05, 0.1) is 6.42 Å². The highest BCUT2D eigenvalue weighted by atomic mass is 19.1. The summed E-state index contributed by atoms with van der Waals surface area (Å²) in [6.45, 7) is 5.30. The van der Waals surface area contributed by atoms with Crippen molar-refractivity contribution in [1.29, 1.82) is 0 Å². The van der Waals surface area contributed by atoms with Crippen LogP contribution in [0.15, 0.2) is 54.6 Å². The highest BCUT2D eigenvalue weighted by Crippen LogP contribution is 2.37. The Kier molecular flexibility index (Phi) is 5.71. The normalized spacial score (nSPS) is 14.0. The maximum Gasteiger partial charge on any atom is 0.307 e. The number of hydrogen-bond acceptors (Lipinski definition) is 2. The van der Waals surface area contributed by atoms with Crippen molar-refractivity contribution in [3.05, 3.63) is 71.5 Å². The largest absolute Gasteiger partial charge is 0.460 e. The SMILES string of the molecule is CC(C)(C)OC(=O)C[C@H](c1ccc(F)cc1)[C@@H](F)c1ccccc1. The standard InChI is InChI=1S/C20H22F2O2/c1-20(2,3)24-18(23)13-17(14-9-11-16(21)12-10-14)19(22)15-7-5-4-6-8-15/h4-12,17,19H,13H2,1-3H3/t17-,19+/m1/s1. The molecule has 0 unspecified atom stereocenters. The van der Waals surface area contributed by atoms with Gasteiger partial charge in [-0.05, 0) is 44.0 Å². The average molecular weight is 332 g/mol. The van der Waals surface area contributed by atoms with Gasteiger partial charge in [0.25, 0.3) is 0 Å². The van der Waals surface area contributed by atoms with Crippen LogP contribution in [0, 0.1) is 5.82 Å². The quantitative estimate of drug-likeness (QED) is 0.690. The van der Waals surface area contributed by atoms with Crippen LogP contribution in [0.5, 0.6) is 0 Å². The van der Waals surface area contributed by atoms with Gasteiger partial charge in [-0.1, -0.05) is 42.5 Å². The maximum atomic E-state index is 15.1. The third-order valence-corrected chi connectivity index (χ3v) is 3.58. The molecule has 0 N–H and O–H groups in total. The van der Waals surface area contributed by atoms with Gasteiger partial charge < -0.3 is 4.74 Å². The molecule has 0 heterocycles.